The third kappa shape index (κ3) is 5.48. The molecule has 0 radical (unpaired) electrons. The van der Waals surface area contributed by atoms with Crippen molar-refractivity contribution in [2.45, 2.75) is 32.1 Å². The van der Waals surface area contributed by atoms with Gasteiger partial charge >= 0.3 is 0 Å². The minimum atomic E-state index is 0.211. The lowest BCUT2D eigenvalue weighted by Gasteiger charge is -2.36. The van der Waals surface area contributed by atoms with Crippen LogP contribution >= 0.6 is 11.6 Å². The van der Waals surface area contributed by atoms with Gasteiger partial charge in [-0.15, -0.1) is 0 Å². The second-order valence-corrected chi connectivity index (χ2v) is 7.32. The number of allylic oxidation sites excluding steroid dienone is 1. The zero-order valence-electron chi connectivity index (χ0n) is 14.8. The van der Waals surface area contributed by atoms with Crippen molar-refractivity contribution < 1.29 is 4.79 Å². The minimum Gasteiger partial charge on any atom is -0.368 e. The van der Waals surface area contributed by atoms with Gasteiger partial charge in [0, 0.05) is 36.9 Å². The average molecular weight is 362 g/mol. The van der Waals surface area contributed by atoms with E-state index in [0.29, 0.717) is 6.54 Å². The summed E-state index contributed by atoms with van der Waals surface area (Å²) in [5.74, 6) is 0.211. The maximum atomic E-state index is 12.4. The first-order chi connectivity index (χ1) is 12.2. The number of amides is 1. The molecule has 5 heteroatoms. The number of carbonyl (C=O) groups is 1. The van der Waals surface area contributed by atoms with Crippen LogP contribution in [0.5, 0.6) is 0 Å². The van der Waals surface area contributed by atoms with Gasteiger partial charge in [0.15, 0.2) is 0 Å². The van der Waals surface area contributed by atoms with Crippen LogP contribution < -0.4 is 10.2 Å². The summed E-state index contributed by atoms with van der Waals surface area (Å²) >= 11 is 6.07. The molecule has 25 heavy (non-hydrogen) atoms. The summed E-state index contributed by atoms with van der Waals surface area (Å²) in [5, 5.41) is 4.07. The number of anilines is 1. The van der Waals surface area contributed by atoms with Crippen molar-refractivity contribution in [3.8, 4) is 0 Å². The van der Waals surface area contributed by atoms with Crippen LogP contribution in [0.1, 0.15) is 32.1 Å². The minimum absolute atomic E-state index is 0.211. The SMILES string of the molecule is O=C(CNCCC1=CCCCC1)N1CCN(c2cccc(Cl)c2)CC1. The van der Waals surface area contributed by atoms with Crippen molar-refractivity contribution in [3.63, 3.8) is 0 Å². The van der Waals surface area contributed by atoms with E-state index in [1.807, 2.05) is 23.1 Å². The quantitative estimate of drug-likeness (QED) is 0.622. The van der Waals surface area contributed by atoms with Gasteiger partial charge in [-0.3, -0.25) is 4.79 Å². The molecular weight excluding hydrogens is 334 g/mol. The Balaban J connectivity index is 1.36. The first-order valence-corrected chi connectivity index (χ1v) is 9.77. The topological polar surface area (TPSA) is 35.6 Å². The maximum absolute atomic E-state index is 12.4. The molecule has 0 aromatic heterocycles. The predicted molar refractivity (Wildman–Crippen MR) is 104 cm³/mol. The zero-order chi connectivity index (χ0) is 17.5. The number of nitrogens with one attached hydrogen (secondary N) is 1. The van der Waals surface area contributed by atoms with Crippen molar-refractivity contribution in [1.29, 1.82) is 0 Å². The Kier molecular flexibility index (Phi) is 6.76. The highest BCUT2D eigenvalue weighted by Gasteiger charge is 2.21. The highest BCUT2D eigenvalue weighted by molar-refractivity contribution is 6.30. The summed E-state index contributed by atoms with van der Waals surface area (Å²) in [4.78, 5) is 16.6. The van der Waals surface area contributed by atoms with Gasteiger partial charge < -0.3 is 15.1 Å². The van der Waals surface area contributed by atoms with E-state index in [0.717, 1.165) is 49.9 Å². The van der Waals surface area contributed by atoms with E-state index in [4.69, 9.17) is 11.6 Å². The van der Waals surface area contributed by atoms with E-state index in [2.05, 4.69) is 22.4 Å². The van der Waals surface area contributed by atoms with E-state index >= 15 is 0 Å². The number of rotatable bonds is 6. The first kappa shape index (κ1) is 18.3. The van der Waals surface area contributed by atoms with Gasteiger partial charge in [-0.05, 0) is 56.8 Å². The molecule has 1 aromatic carbocycles. The van der Waals surface area contributed by atoms with Crippen LogP contribution in [0, 0.1) is 0 Å². The lowest BCUT2D eigenvalue weighted by Crippen LogP contribution is -2.51. The molecule has 0 unspecified atom stereocenters. The first-order valence-electron chi connectivity index (χ1n) is 9.39. The third-order valence-electron chi connectivity index (χ3n) is 5.09. The lowest BCUT2D eigenvalue weighted by molar-refractivity contribution is -0.130. The molecule has 3 rings (SSSR count). The van der Waals surface area contributed by atoms with Gasteiger partial charge in [-0.2, -0.15) is 0 Å². The van der Waals surface area contributed by atoms with Crippen LogP contribution in [0.3, 0.4) is 0 Å². The Morgan fingerprint density at radius 1 is 1.16 bits per heavy atom. The van der Waals surface area contributed by atoms with Crippen molar-refractivity contribution in [3.05, 3.63) is 40.9 Å². The molecule has 2 aliphatic rings. The number of benzene rings is 1. The van der Waals surface area contributed by atoms with Gasteiger partial charge in [0.1, 0.15) is 0 Å². The molecule has 0 spiro atoms. The second-order valence-electron chi connectivity index (χ2n) is 6.88. The number of halogens is 1. The summed E-state index contributed by atoms with van der Waals surface area (Å²) in [6, 6.07) is 7.92. The molecular formula is C20H28ClN3O. The number of hydrogen-bond acceptors (Lipinski definition) is 3. The van der Waals surface area contributed by atoms with Crippen LogP contribution in [0.2, 0.25) is 5.02 Å². The predicted octanol–water partition coefficient (Wildman–Crippen LogP) is 3.47. The second kappa shape index (κ2) is 9.25. The standard InChI is InChI=1S/C20H28ClN3O/c21-18-7-4-8-19(15-18)23-11-13-24(14-12-23)20(25)16-22-10-9-17-5-2-1-3-6-17/h4-5,7-8,15,22H,1-3,6,9-14,16H2. The fraction of sp³-hybridized carbons (Fsp3) is 0.550. The van der Waals surface area contributed by atoms with Gasteiger partial charge in [0.05, 0.1) is 6.54 Å². The average Bonchev–Trinajstić information content (AvgIpc) is 2.66. The molecule has 1 saturated heterocycles. The molecule has 0 saturated carbocycles. The van der Waals surface area contributed by atoms with Gasteiger partial charge in [-0.25, -0.2) is 0 Å². The van der Waals surface area contributed by atoms with Crippen LogP contribution in [-0.2, 0) is 4.79 Å². The Morgan fingerprint density at radius 3 is 2.72 bits per heavy atom. The Hall–Kier alpha value is -1.52. The molecule has 1 amide bonds. The van der Waals surface area contributed by atoms with Crippen molar-refractivity contribution in [1.82, 2.24) is 10.2 Å². The zero-order valence-corrected chi connectivity index (χ0v) is 15.6. The van der Waals surface area contributed by atoms with E-state index in [-0.39, 0.29) is 5.91 Å². The fourth-order valence-corrected chi connectivity index (χ4v) is 3.76. The molecule has 1 aromatic rings. The number of piperazine rings is 1. The summed E-state index contributed by atoms with van der Waals surface area (Å²) in [5.41, 5.74) is 2.69. The molecule has 136 valence electrons. The van der Waals surface area contributed by atoms with Crippen LogP contribution in [0.25, 0.3) is 0 Å². The summed E-state index contributed by atoms with van der Waals surface area (Å²) in [6.07, 6.45) is 8.57. The highest BCUT2D eigenvalue weighted by atomic mass is 35.5. The molecule has 0 atom stereocenters. The Labute approximate surface area is 155 Å². The highest BCUT2D eigenvalue weighted by Crippen LogP contribution is 2.21. The molecule has 1 N–H and O–H groups in total. The van der Waals surface area contributed by atoms with E-state index in [1.54, 1.807) is 5.57 Å². The normalized spacial score (nSPS) is 18.2. The Bertz CT molecular complexity index is 609. The van der Waals surface area contributed by atoms with E-state index < -0.39 is 0 Å². The van der Waals surface area contributed by atoms with Gasteiger partial charge in [-0.1, -0.05) is 29.3 Å². The van der Waals surface area contributed by atoms with Crippen LogP contribution in [-0.4, -0.2) is 50.1 Å². The van der Waals surface area contributed by atoms with Crippen molar-refractivity contribution in [2.24, 2.45) is 0 Å². The number of nitrogens with zero attached hydrogens (tertiary/aromatic N) is 2. The van der Waals surface area contributed by atoms with Crippen molar-refractivity contribution >= 4 is 23.2 Å². The molecule has 4 nitrogen and oxygen atoms in total. The molecule has 1 aliphatic carbocycles. The Morgan fingerprint density at radius 2 is 2.00 bits per heavy atom. The molecule has 1 heterocycles. The largest absolute Gasteiger partial charge is 0.368 e. The molecule has 1 fully saturated rings. The van der Waals surface area contributed by atoms with E-state index in [9.17, 15) is 4.79 Å². The van der Waals surface area contributed by atoms with Crippen LogP contribution in [0.4, 0.5) is 5.69 Å². The summed E-state index contributed by atoms with van der Waals surface area (Å²) in [7, 11) is 0. The summed E-state index contributed by atoms with van der Waals surface area (Å²) in [6.45, 7) is 4.62. The van der Waals surface area contributed by atoms with Gasteiger partial charge in [0.2, 0.25) is 5.91 Å². The monoisotopic (exact) mass is 361 g/mol. The molecule has 0 bridgehead atoms. The van der Waals surface area contributed by atoms with Crippen LogP contribution in [0.15, 0.2) is 35.9 Å². The van der Waals surface area contributed by atoms with Crippen molar-refractivity contribution in [2.75, 3.05) is 44.2 Å². The number of carbonyl (C=O) groups excluding carboxylic acids is 1. The molecule has 1 aliphatic heterocycles. The summed E-state index contributed by atoms with van der Waals surface area (Å²) < 4.78 is 0. The lowest BCUT2D eigenvalue weighted by atomic mass is 9.97. The number of hydrogen-bond donors (Lipinski definition) is 1. The maximum Gasteiger partial charge on any atom is 0.236 e. The smallest absolute Gasteiger partial charge is 0.236 e. The third-order valence-corrected chi connectivity index (χ3v) is 5.32. The van der Waals surface area contributed by atoms with Gasteiger partial charge in [0.25, 0.3) is 0 Å². The fourth-order valence-electron chi connectivity index (χ4n) is 3.57. The van der Waals surface area contributed by atoms with E-state index in [1.165, 1.54) is 25.7 Å².